The Kier molecular flexibility index (Phi) is 8.42. The van der Waals surface area contributed by atoms with Crippen molar-refractivity contribution in [1.29, 1.82) is 0 Å². The molecule has 206 valence electrons. The van der Waals surface area contributed by atoms with E-state index in [0.29, 0.717) is 63.7 Å². The fourth-order valence-electron chi connectivity index (χ4n) is 4.64. The third kappa shape index (κ3) is 5.71. The Labute approximate surface area is 247 Å². The zero-order valence-corrected chi connectivity index (χ0v) is 24.8. The Bertz CT molecular complexity index is 1650. The molecule has 0 saturated carbocycles. The Morgan fingerprint density at radius 1 is 1.07 bits per heavy atom. The molecule has 1 fully saturated rings. The minimum absolute atomic E-state index is 0.139. The van der Waals surface area contributed by atoms with Crippen LogP contribution in [0, 0.1) is 0 Å². The first kappa shape index (κ1) is 28.1. The topological polar surface area (TPSA) is 79.3 Å². The van der Waals surface area contributed by atoms with Gasteiger partial charge in [-0.25, -0.2) is 4.98 Å². The van der Waals surface area contributed by atoms with Gasteiger partial charge in [-0.05, 0) is 56.3 Å². The van der Waals surface area contributed by atoms with Gasteiger partial charge in [0.25, 0.3) is 11.5 Å². The van der Waals surface area contributed by atoms with Gasteiger partial charge in [-0.1, -0.05) is 40.9 Å². The number of nitrogens with zero attached hydrogens (tertiary/aromatic N) is 3. The molecule has 2 aromatic heterocycles. The summed E-state index contributed by atoms with van der Waals surface area (Å²) in [5.41, 5.74) is 4.75. The molecule has 1 aliphatic heterocycles. The standard InChI is InChI=1S/C30H29Cl2N5O2S/c1-18(2)14-26-22(29(38)36-12-10-34-11-13-36)16-23(28-35-25(17-40-28)19-4-6-20(31)7-5-19)30(39)37(26)27-15-21(33-3)8-9-24(27)32/h4-9,14-17,33-34H,10-13H2,1-3H3. The van der Waals surface area contributed by atoms with Crippen LogP contribution >= 0.6 is 34.5 Å². The van der Waals surface area contributed by atoms with Crippen LogP contribution in [0.5, 0.6) is 0 Å². The second-order valence-corrected chi connectivity index (χ2v) is 11.4. The van der Waals surface area contributed by atoms with Crippen LogP contribution in [0.15, 0.2) is 64.3 Å². The predicted octanol–water partition coefficient (Wildman–Crippen LogP) is 6.45. The van der Waals surface area contributed by atoms with Gasteiger partial charge in [0.15, 0.2) is 0 Å². The largest absolute Gasteiger partial charge is 0.388 e. The molecule has 5 rings (SSSR count). The van der Waals surface area contributed by atoms with Crippen molar-refractivity contribution in [2.24, 2.45) is 0 Å². The Morgan fingerprint density at radius 2 is 1.80 bits per heavy atom. The smallest absolute Gasteiger partial charge is 0.265 e. The van der Waals surface area contributed by atoms with E-state index >= 15 is 0 Å². The molecule has 0 unspecified atom stereocenters. The fourth-order valence-corrected chi connectivity index (χ4v) is 5.80. The highest BCUT2D eigenvalue weighted by molar-refractivity contribution is 7.13. The summed E-state index contributed by atoms with van der Waals surface area (Å²) in [6.07, 6.45) is 1.87. The summed E-state index contributed by atoms with van der Waals surface area (Å²) in [4.78, 5) is 35.0. The van der Waals surface area contributed by atoms with Crippen LogP contribution in [0.4, 0.5) is 5.69 Å². The van der Waals surface area contributed by atoms with Crippen molar-refractivity contribution >= 4 is 52.2 Å². The summed E-state index contributed by atoms with van der Waals surface area (Å²) in [5, 5.41) is 9.85. The molecule has 0 radical (unpaired) electrons. The Balaban J connectivity index is 1.78. The van der Waals surface area contributed by atoms with Gasteiger partial charge < -0.3 is 15.5 Å². The van der Waals surface area contributed by atoms with Crippen LogP contribution in [0.2, 0.25) is 10.0 Å². The normalized spacial score (nSPS) is 13.3. The van der Waals surface area contributed by atoms with E-state index in [1.807, 2.05) is 54.5 Å². The van der Waals surface area contributed by atoms with E-state index in [0.717, 1.165) is 22.5 Å². The van der Waals surface area contributed by atoms with Gasteiger partial charge in [0.05, 0.1) is 33.2 Å². The zero-order valence-electron chi connectivity index (χ0n) is 22.4. The molecule has 2 N–H and O–H groups in total. The molecule has 0 atom stereocenters. The molecule has 10 heteroatoms. The summed E-state index contributed by atoms with van der Waals surface area (Å²) >= 11 is 14.1. The molecule has 2 aromatic carbocycles. The Hall–Kier alpha value is -3.43. The average molecular weight is 595 g/mol. The third-order valence-electron chi connectivity index (χ3n) is 6.65. The second kappa shape index (κ2) is 12.0. The molecular weight excluding hydrogens is 565 g/mol. The average Bonchev–Trinajstić information content (AvgIpc) is 3.44. The number of thiazole rings is 1. The van der Waals surface area contributed by atoms with Gasteiger partial charge >= 0.3 is 0 Å². The number of anilines is 1. The van der Waals surface area contributed by atoms with Crippen LogP contribution in [0.3, 0.4) is 0 Å². The first-order valence-electron chi connectivity index (χ1n) is 12.9. The lowest BCUT2D eigenvalue weighted by Gasteiger charge is -2.29. The number of carbonyl (C=O) groups is 1. The van der Waals surface area contributed by atoms with Crippen molar-refractivity contribution in [2.75, 3.05) is 38.5 Å². The van der Waals surface area contributed by atoms with Crippen molar-refractivity contribution in [1.82, 2.24) is 19.8 Å². The number of benzene rings is 2. The molecule has 3 heterocycles. The third-order valence-corrected chi connectivity index (χ3v) is 8.10. The number of piperazine rings is 1. The first-order chi connectivity index (χ1) is 19.3. The molecule has 0 aliphatic carbocycles. The number of allylic oxidation sites excluding steroid dienone is 1. The van der Waals surface area contributed by atoms with Crippen LogP contribution in [0.25, 0.3) is 33.6 Å². The number of halogens is 2. The van der Waals surface area contributed by atoms with Crippen molar-refractivity contribution in [3.63, 3.8) is 0 Å². The molecule has 0 bridgehead atoms. The van der Waals surface area contributed by atoms with E-state index < -0.39 is 0 Å². The van der Waals surface area contributed by atoms with Gasteiger partial charge in [-0.2, -0.15) is 0 Å². The van der Waals surface area contributed by atoms with Gasteiger partial charge in [-0.3, -0.25) is 14.2 Å². The van der Waals surface area contributed by atoms with Crippen molar-refractivity contribution in [3.8, 4) is 27.5 Å². The number of rotatable bonds is 6. The van der Waals surface area contributed by atoms with E-state index in [1.54, 1.807) is 35.9 Å². The van der Waals surface area contributed by atoms with Crippen molar-refractivity contribution < 1.29 is 4.79 Å². The van der Waals surface area contributed by atoms with Crippen LogP contribution < -0.4 is 16.2 Å². The number of amides is 1. The maximum absolute atomic E-state index is 14.3. The minimum Gasteiger partial charge on any atom is -0.388 e. The number of hydrogen-bond donors (Lipinski definition) is 2. The van der Waals surface area contributed by atoms with Crippen LogP contribution in [-0.2, 0) is 0 Å². The summed E-state index contributed by atoms with van der Waals surface area (Å²) in [7, 11) is 1.80. The fraction of sp³-hybridized carbons (Fsp3) is 0.233. The Morgan fingerprint density at radius 3 is 2.48 bits per heavy atom. The van der Waals surface area contributed by atoms with Crippen molar-refractivity contribution in [2.45, 2.75) is 13.8 Å². The van der Waals surface area contributed by atoms with E-state index in [9.17, 15) is 9.59 Å². The van der Waals surface area contributed by atoms with E-state index in [1.165, 1.54) is 11.3 Å². The lowest BCUT2D eigenvalue weighted by atomic mass is 10.0. The van der Waals surface area contributed by atoms with Crippen molar-refractivity contribution in [3.05, 3.63) is 91.1 Å². The molecule has 1 aliphatic rings. The monoisotopic (exact) mass is 593 g/mol. The summed E-state index contributed by atoms with van der Waals surface area (Å²) < 4.78 is 1.55. The summed E-state index contributed by atoms with van der Waals surface area (Å²) in [5.74, 6) is -0.139. The zero-order chi connectivity index (χ0) is 28.4. The van der Waals surface area contributed by atoms with E-state index in [4.69, 9.17) is 28.2 Å². The number of carbonyl (C=O) groups excluding carboxylic acids is 1. The highest BCUT2D eigenvalue weighted by Gasteiger charge is 2.27. The predicted molar refractivity (Wildman–Crippen MR) is 166 cm³/mol. The lowest BCUT2D eigenvalue weighted by molar-refractivity contribution is 0.0735. The first-order valence-corrected chi connectivity index (χ1v) is 14.5. The minimum atomic E-state index is -0.309. The lowest BCUT2D eigenvalue weighted by Crippen LogP contribution is -2.47. The number of aromatic nitrogens is 2. The number of pyridine rings is 1. The SMILES string of the molecule is CNc1ccc(Cl)c(-n2c(C=C(C)C)c(C(=O)N3CCNCC3)cc(-c3nc(-c4ccc(Cl)cc4)cs3)c2=O)c1. The van der Waals surface area contributed by atoms with Gasteiger partial charge in [0.1, 0.15) is 5.01 Å². The molecule has 40 heavy (non-hydrogen) atoms. The van der Waals surface area contributed by atoms with Crippen LogP contribution in [-0.4, -0.2) is 53.6 Å². The maximum Gasteiger partial charge on any atom is 0.265 e. The maximum atomic E-state index is 14.3. The van der Waals surface area contributed by atoms with Gasteiger partial charge in [-0.15, -0.1) is 11.3 Å². The molecule has 0 spiro atoms. The molecule has 7 nitrogen and oxygen atoms in total. The molecular formula is C30H29Cl2N5O2S. The number of hydrogen-bond acceptors (Lipinski definition) is 6. The highest BCUT2D eigenvalue weighted by Crippen LogP contribution is 2.32. The molecule has 1 amide bonds. The summed E-state index contributed by atoms with van der Waals surface area (Å²) in [6, 6.07) is 14.5. The van der Waals surface area contributed by atoms with E-state index in [-0.39, 0.29) is 11.5 Å². The quantitative estimate of drug-likeness (QED) is 0.269. The van der Waals surface area contributed by atoms with E-state index in [2.05, 4.69) is 10.6 Å². The highest BCUT2D eigenvalue weighted by atomic mass is 35.5. The number of nitrogens with one attached hydrogen (secondary N) is 2. The molecule has 4 aromatic rings. The van der Waals surface area contributed by atoms with Gasteiger partial charge in [0, 0.05) is 54.9 Å². The second-order valence-electron chi connectivity index (χ2n) is 9.72. The summed E-state index contributed by atoms with van der Waals surface area (Å²) in [6.45, 7) is 6.46. The van der Waals surface area contributed by atoms with Gasteiger partial charge in [0.2, 0.25) is 0 Å². The van der Waals surface area contributed by atoms with Crippen LogP contribution in [0.1, 0.15) is 29.9 Å². The molecule has 1 saturated heterocycles.